The van der Waals surface area contributed by atoms with Crippen molar-refractivity contribution in [3.63, 3.8) is 0 Å². The molecule has 1 aromatic rings. The highest BCUT2D eigenvalue weighted by molar-refractivity contribution is 5.88. The van der Waals surface area contributed by atoms with Crippen LogP contribution in [-0.2, 0) is 16.0 Å². The summed E-state index contributed by atoms with van der Waals surface area (Å²) in [7, 11) is 0. The molecule has 1 aliphatic heterocycles. The number of hydrogen-bond donors (Lipinski definition) is 2. The van der Waals surface area contributed by atoms with E-state index in [9.17, 15) is 14.7 Å². The van der Waals surface area contributed by atoms with Crippen LogP contribution in [0, 0.1) is 5.92 Å². The van der Waals surface area contributed by atoms with Gasteiger partial charge in [0.25, 0.3) is 0 Å². The number of rotatable bonds is 7. The van der Waals surface area contributed by atoms with E-state index in [1.54, 1.807) is 4.90 Å². The van der Waals surface area contributed by atoms with Crippen LogP contribution in [0.5, 0.6) is 0 Å². The normalized spacial score (nSPS) is 27.2. The zero-order valence-electron chi connectivity index (χ0n) is 15.7. The molecule has 1 amide bonds. The first-order chi connectivity index (χ1) is 12.5. The number of benzene rings is 1. The Morgan fingerprint density at radius 1 is 1.23 bits per heavy atom. The minimum absolute atomic E-state index is 0.0571. The summed E-state index contributed by atoms with van der Waals surface area (Å²) in [5.74, 6) is -0.557. The van der Waals surface area contributed by atoms with Crippen molar-refractivity contribution in [3.8, 4) is 0 Å². The molecule has 1 aliphatic carbocycles. The van der Waals surface area contributed by atoms with E-state index in [0.717, 1.165) is 32.1 Å². The van der Waals surface area contributed by atoms with Crippen molar-refractivity contribution < 1.29 is 14.7 Å². The molecule has 0 bridgehead atoms. The van der Waals surface area contributed by atoms with E-state index in [1.807, 2.05) is 25.1 Å². The van der Waals surface area contributed by atoms with Crippen molar-refractivity contribution in [2.24, 2.45) is 5.92 Å². The molecule has 1 saturated carbocycles. The second-order valence-electron chi connectivity index (χ2n) is 7.91. The van der Waals surface area contributed by atoms with Crippen LogP contribution in [0.1, 0.15) is 51.5 Å². The number of nitrogens with zero attached hydrogens (tertiary/aromatic N) is 1. The Labute approximate surface area is 155 Å². The van der Waals surface area contributed by atoms with Gasteiger partial charge in [-0.25, -0.2) is 4.79 Å². The van der Waals surface area contributed by atoms with Crippen molar-refractivity contribution in [2.45, 2.75) is 76.5 Å². The maximum absolute atomic E-state index is 13.0. The van der Waals surface area contributed by atoms with Gasteiger partial charge in [-0.05, 0) is 57.4 Å². The van der Waals surface area contributed by atoms with Crippen molar-refractivity contribution >= 4 is 11.9 Å². The third-order valence-corrected chi connectivity index (χ3v) is 5.99. The molecule has 2 N–H and O–H groups in total. The number of hydrogen-bond acceptors (Lipinski definition) is 3. The van der Waals surface area contributed by atoms with Crippen LogP contribution in [0.2, 0.25) is 0 Å². The number of carboxylic acid groups (broad SMARTS) is 1. The summed E-state index contributed by atoms with van der Waals surface area (Å²) in [6, 6.07) is 9.62. The van der Waals surface area contributed by atoms with Crippen molar-refractivity contribution in [1.82, 2.24) is 10.2 Å². The Kier molecular flexibility index (Phi) is 5.97. The van der Waals surface area contributed by atoms with Gasteiger partial charge in [-0.1, -0.05) is 36.8 Å². The van der Waals surface area contributed by atoms with Gasteiger partial charge in [0.15, 0.2) is 0 Å². The van der Waals surface area contributed by atoms with Crippen LogP contribution in [0.3, 0.4) is 0 Å². The van der Waals surface area contributed by atoms with Crippen LogP contribution in [0.25, 0.3) is 0 Å². The molecule has 26 heavy (non-hydrogen) atoms. The van der Waals surface area contributed by atoms with Gasteiger partial charge in [0.2, 0.25) is 5.91 Å². The van der Waals surface area contributed by atoms with Crippen LogP contribution < -0.4 is 5.32 Å². The SMILES string of the molecule is CC(CCc1ccccc1)NC(C)C(=O)N1[C@H](C(=O)O)C[C@@H]2CCC[C@@H]21. The summed E-state index contributed by atoms with van der Waals surface area (Å²) in [6.45, 7) is 3.95. The van der Waals surface area contributed by atoms with Crippen molar-refractivity contribution in [1.29, 1.82) is 0 Å². The van der Waals surface area contributed by atoms with Gasteiger partial charge >= 0.3 is 5.97 Å². The number of aliphatic carboxylic acids is 1. The maximum atomic E-state index is 13.0. The molecule has 2 unspecified atom stereocenters. The summed E-state index contributed by atoms with van der Waals surface area (Å²) in [5, 5.41) is 12.9. The lowest BCUT2D eigenvalue weighted by Crippen LogP contribution is -2.53. The third kappa shape index (κ3) is 4.09. The predicted octanol–water partition coefficient (Wildman–Crippen LogP) is 2.84. The Hall–Kier alpha value is -1.88. The number of likely N-dealkylation sites (tertiary alicyclic amines) is 1. The lowest BCUT2D eigenvalue weighted by Gasteiger charge is -2.31. The van der Waals surface area contributed by atoms with E-state index < -0.39 is 12.0 Å². The Balaban J connectivity index is 1.56. The van der Waals surface area contributed by atoms with Crippen LogP contribution in [-0.4, -0.2) is 46.1 Å². The number of carbonyl (C=O) groups is 2. The molecule has 1 heterocycles. The number of fused-ring (bicyclic) bond motifs is 1. The molecule has 0 spiro atoms. The summed E-state index contributed by atoms with van der Waals surface area (Å²) in [6.07, 6.45) is 5.60. The predicted molar refractivity (Wildman–Crippen MR) is 101 cm³/mol. The fourth-order valence-electron chi connectivity index (χ4n) is 4.66. The van der Waals surface area contributed by atoms with Gasteiger partial charge in [-0.3, -0.25) is 4.79 Å². The third-order valence-electron chi connectivity index (χ3n) is 5.99. The fraction of sp³-hybridized carbons (Fsp3) is 0.619. The first-order valence-corrected chi connectivity index (χ1v) is 9.82. The molecule has 1 aromatic carbocycles. The number of carboxylic acids is 1. The average molecular weight is 358 g/mol. The van der Waals surface area contributed by atoms with Gasteiger partial charge in [0.05, 0.1) is 6.04 Å². The van der Waals surface area contributed by atoms with Gasteiger partial charge in [0.1, 0.15) is 6.04 Å². The largest absolute Gasteiger partial charge is 0.480 e. The number of amides is 1. The molecular weight excluding hydrogens is 328 g/mol. The molecule has 2 fully saturated rings. The second-order valence-corrected chi connectivity index (χ2v) is 7.91. The summed E-state index contributed by atoms with van der Waals surface area (Å²) < 4.78 is 0. The number of carbonyl (C=O) groups excluding carboxylic acids is 1. The zero-order valence-corrected chi connectivity index (χ0v) is 15.7. The minimum Gasteiger partial charge on any atom is -0.480 e. The van der Waals surface area contributed by atoms with Crippen LogP contribution in [0.15, 0.2) is 30.3 Å². The monoisotopic (exact) mass is 358 g/mol. The van der Waals surface area contributed by atoms with Crippen molar-refractivity contribution in [2.75, 3.05) is 0 Å². The molecule has 142 valence electrons. The van der Waals surface area contributed by atoms with E-state index in [2.05, 4.69) is 24.4 Å². The van der Waals surface area contributed by atoms with E-state index in [-0.39, 0.29) is 24.0 Å². The second kappa shape index (κ2) is 8.21. The highest BCUT2D eigenvalue weighted by Crippen LogP contribution is 2.41. The highest BCUT2D eigenvalue weighted by Gasteiger charge is 2.49. The standard InChI is InChI=1S/C21H30N2O3/c1-14(11-12-16-7-4-3-5-8-16)22-15(2)20(24)23-18-10-6-9-17(18)13-19(23)21(25)26/h3-5,7-8,14-15,17-19,22H,6,9-13H2,1-2H3,(H,25,26)/t14?,15?,17-,18-,19-/m0/s1. The van der Waals surface area contributed by atoms with E-state index in [1.165, 1.54) is 5.56 Å². The van der Waals surface area contributed by atoms with Gasteiger partial charge in [-0.15, -0.1) is 0 Å². The summed E-state index contributed by atoms with van der Waals surface area (Å²) >= 11 is 0. The zero-order chi connectivity index (χ0) is 18.7. The summed E-state index contributed by atoms with van der Waals surface area (Å²) in [5.41, 5.74) is 1.29. The summed E-state index contributed by atoms with van der Waals surface area (Å²) in [4.78, 5) is 26.3. The molecule has 0 radical (unpaired) electrons. The molecule has 5 heteroatoms. The quantitative estimate of drug-likeness (QED) is 0.786. The number of nitrogens with one attached hydrogen (secondary N) is 1. The lowest BCUT2D eigenvalue weighted by atomic mass is 10.0. The van der Waals surface area contributed by atoms with Crippen molar-refractivity contribution in [3.05, 3.63) is 35.9 Å². The highest BCUT2D eigenvalue weighted by atomic mass is 16.4. The van der Waals surface area contributed by atoms with Gasteiger partial charge in [-0.2, -0.15) is 0 Å². The smallest absolute Gasteiger partial charge is 0.326 e. The van der Waals surface area contributed by atoms with Gasteiger partial charge < -0.3 is 15.3 Å². The van der Waals surface area contributed by atoms with E-state index in [4.69, 9.17) is 0 Å². The topological polar surface area (TPSA) is 69.6 Å². The van der Waals surface area contributed by atoms with Gasteiger partial charge in [0, 0.05) is 12.1 Å². The average Bonchev–Trinajstić information content (AvgIpc) is 3.21. The molecule has 3 rings (SSSR count). The first kappa shape index (κ1) is 18.9. The lowest BCUT2D eigenvalue weighted by molar-refractivity contribution is -0.150. The van der Waals surface area contributed by atoms with Crippen LogP contribution in [0.4, 0.5) is 0 Å². The number of aryl methyl sites for hydroxylation is 1. The Morgan fingerprint density at radius 2 is 1.96 bits per heavy atom. The fourth-order valence-corrected chi connectivity index (χ4v) is 4.66. The molecule has 1 saturated heterocycles. The van der Waals surface area contributed by atoms with E-state index in [0.29, 0.717) is 12.3 Å². The molecule has 5 nitrogen and oxygen atoms in total. The first-order valence-electron chi connectivity index (χ1n) is 9.82. The van der Waals surface area contributed by atoms with E-state index >= 15 is 0 Å². The Morgan fingerprint density at radius 3 is 2.65 bits per heavy atom. The Bertz CT molecular complexity index is 633. The van der Waals surface area contributed by atoms with Crippen LogP contribution >= 0.6 is 0 Å². The molecular formula is C21H30N2O3. The molecule has 2 aliphatic rings. The molecule has 5 atom stereocenters. The minimum atomic E-state index is -0.864. The molecule has 0 aromatic heterocycles. The maximum Gasteiger partial charge on any atom is 0.326 e.